The number of benzene rings is 3. The first kappa shape index (κ1) is 20.4. The summed E-state index contributed by atoms with van der Waals surface area (Å²) in [5.41, 5.74) is 1.23. The monoisotopic (exact) mass is 392 g/mol. The van der Waals surface area contributed by atoms with Crippen LogP contribution in [-0.2, 0) is 9.59 Å². The highest BCUT2D eigenvalue weighted by Crippen LogP contribution is 2.26. The number of rotatable bonds is 7. The van der Waals surface area contributed by atoms with E-state index in [0.717, 1.165) is 16.3 Å². The smallest absolute Gasteiger partial charge is 0.313 e. The first-order chi connectivity index (χ1) is 14.1. The predicted molar refractivity (Wildman–Crippen MR) is 113 cm³/mol. The zero-order chi connectivity index (χ0) is 20.6. The summed E-state index contributed by atoms with van der Waals surface area (Å²) in [6, 6.07) is 20.5. The molecule has 3 aromatic carbocycles. The molecule has 3 rings (SSSR count). The maximum absolute atomic E-state index is 12.1. The van der Waals surface area contributed by atoms with Gasteiger partial charge in [0.05, 0.1) is 18.4 Å². The van der Waals surface area contributed by atoms with E-state index in [9.17, 15) is 14.7 Å². The number of para-hydroxylation sites is 2. The lowest BCUT2D eigenvalue weighted by Gasteiger charge is -2.14. The molecule has 0 radical (unpaired) electrons. The van der Waals surface area contributed by atoms with E-state index in [1.54, 1.807) is 24.3 Å². The second kappa shape index (κ2) is 9.71. The fraction of sp³-hybridized carbons (Fsp3) is 0.217. The average Bonchev–Trinajstić information content (AvgIpc) is 2.74. The summed E-state index contributed by atoms with van der Waals surface area (Å²) in [6.07, 6.45) is -0.453. The highest BCUT2D eigenvalue weighted by molar-refractivity contribution is 6.39. The van der Waals surface area contributed by atoms with Crippen LogP contribution in [0.3, 0.4) is 0 Å². The van der Waals surface area contributed by atoms with Crippen LogP contribution in [0.25, 0.3) is 10.8 Å². The quantitative estimate of drug-likeness (QED) is 0.538. The third kappa shape index (κ3) is 5.12. The lowest BCUT2D eigenvalue weighted by atomic mass is 9.99. The van der Waals surface area contributed by atoms with Crippen LogP contribution >= 0.6 is 0 Å². The summed E-state index contributed by atoms with van der Waals surface area (Å²) in [6.45, 7) is 2.46. The Kier molecular flexibility index (Phi) is 6.81. The van der Waals surface area contributed by atoms with Crippen LogP contribution in [0.15, 0.2) is 66.7 Å². The maximum Gasteiger partial charge on any atom is 0.313 e. The van der Waals surface area contributed by atoms with Crippen LogP contribution < -0.4 is 15.4 Å². The Morgan fingerprint density at radius 3 is 2.52 bits per heavy atom. The van der Waals surface area contributed by atoms with E-state index in [1.807, 2.05) is 49.4 Å². The van der Waals surface area contributed by atoms with Gasteiger partial charge in [-0.05, 0) is 41.8 Å². The molecule has 0 aliphatic heterocycles. The lowest BCUT2D eigenvalue weighted by Crippen LogP contribution is -2.36. The van der Waals surface area contributed by atoms with E-state index in [0.29, 0.717) is 24.5 Å². The van der Waals surface area contributed by atoms with Crippen LogP contribution in [0, 0.1) is 0 Å². The Morgan fingerprint density at radius 2 is 1.69 bits per heavy atom. The van der Waals surface area contributed by atoms with E-state index in [-0.39, 0.29) is 6.54 Å². The predicted octanol–water partition coefficient (Wildman–Crippen LogP) is 3.42. The van der Waals surface area contributed by atoms with Crippen molar-refractivity contribution in [1.82, 2.24) is 5.32 Å². The van der Waals surface area contributed by atoms with Gasteiger partial charge in [-0.25, -0.2) is 0 Å². The molecule has 3 aromatic rings. The minimum Gasteiger partial charge on any atom is -0.492 e. The molecule has 0 fully saturated rings. The highest BCUT2D eigenvalue weighted by atomic mass is 16.5. The zero-order valence-electron chi connectivity index (χ0n) is 16.2. The van der Waals surface area contributed by atoms with Gasteiger partial charge in [-0.1, -0.05) is 54.6 Å². The largest absolute Gasteiger partial charge is 0.492 e. The van der Waals surface area contributed by atoms with E-state index < -0.39 is 17.9 Å². The van der Waals surface area contributed by atoms with Gasteiger partial charge in [0, 0.05) is 6.54 Å². The summed E-state index contributed by atoms with van der Waals surface area (Å²) in [5.74, 6) is -1.04. The van der Waals surface area contributed by atoms with E-state index in [4.69, 9.17) is 4.74 Å². The molecule has 0 saturated carbocycles. The number of aliphatic hydroxyl groups excluding tert-OH is 1. The summed E-state index contributed by atoms with van der Waals surface area (Å²) >= 11 is 0. The van der Waals surface area contributed by atoms with Crippen molar-refractivity contribution in [2.24, 2.45) is 0 Å². The Balaban J connectivity index is 1.55. The molecular formula is C23H24N2O4. The van der Waals surface area contributed by atoms with Crippen molar-refractivity contribution in [3.05, 3.63) is 72.3 Å². The third-order valence-corrected chi connectivity index (χ3v) is 4.53. The molecule has 29 heavy (non-hydrogen) atoms. The average molecular weight is 392 g/mol. The second-order valence-corrected chi connectivity index (χ2v) is 6.51. The maximum atomic E-state index is 12.1. The van der Waals surface area contributed by atoms with Gasteiger partial charge in [0.1, 0.15) is 5.75 Å². The van der Waals surface area contributed by atoms with Crippen molar-refractivity contribution < 1.29 is 19.4 Å². The molecule has 0 bridgehead atoms. The highest BCUT2D eigenvalue weighted by Gasteiger charge is 2.17. The third-order valence-electron chi connectivity index (χ3n) is 4.53. The van der Waals surface area contributed by atoms with Gasteiger partial charge in [0.15, 0.2) is 0 Å². The summed E-state index contributed by atoms with van der Waals surface area (Å²) in [5, 5.41) is 17.6. The fourth-order valence-electron chi connectivity index (χ4n) is 3.13. The molecule has 3 N–H and O–H groups in total. The van der Waals surface area contributed by atoms with E-state index >= 15 is 0 Å². The van der Waals surface area contributed by atoms with Gasteiger partial charge in [-0.2, -0.15) is 0 Å². The number of nitrogens with one attached hydrogen (secondary N) is 2. The van der Waals surface area contributed by atoms with Crippen molar-refractivity contribution in [3.8, 4) is 5.75 Å². The molecule has 1 atom stereocenters. The Morgan fingerprint density at radius 1 is 0.966 bits per heavy atom. The van der Waals surface area contributed by atoms with Crippen LogP contribution in [0.4, 0.5) is 5.69 Å². The number of hydrogen-bond acceptors (Lipinski definition) is 4. The number of ether oxygens (including phenoxy) is 1. The number of fused-ring (bicyclic) bond motifs is 1. The standard InChI is InChI=1S/C23H24N2O4/c1-2-29-21-13-6-5-12-19(21)25-23(28)22(27)24-15-14-20(26)18-11-7-9-16-8-3-4-10-17(16)18/h3-13,20,26H,2,14-15H2,1H3,(H,24,27)(H,25,28). The van der Waals surface area contributed by atoms with Gasteiger partial charge in [-0.15, -0.1) is 0 Å². The molecule has 2 amide bonds. The second-order valence-electron chi connectivity index (χ2n) is 6.51. The van der Waals surface area contributed by atoms with E-state index in [2.05, 4.69) is 10.6 Å². The molecule has 0 aromatic heterocycles. The minimum absolute atomic E-state index is 0.170. The molecule has 150 valence electrons. The molecule has 6 heteroatoms. The number of amides is 2. The topological polar surface area (TPSA) is 87.7 Å². The van der Waals surface area contributed by atoms with Gasteiger partial charge in [-0.3, -0.25) is 9.59 Å². The molecule has 0 aliphatic rings. The molecule has 0 aliphatic carbocycles. The molecule has 0 spiro atoms. The Labute approximate surface area is 169 Å². The number of carbonyl (C=O) groups is 2. The number of carbonyl (C=O) groups excluding carboxylic acids is 2. The first-order valence-electron chi connectivity index (χ1n) is 9.57. The molecule has 0 heterocycles. The van der Waals surface area contributed by atoms with Crippen LogP contribution in [0.1, 0.15) is 25.0 Å². The summed E-state index contributed by atoms with van der Waals surface area (Å²) in [4.78, 5) is 24.2. The zero-order valence-corrected chi connectivity index (χ0v) is 16.2. The molecule has 0 saturated heterocycles. The van der Waals surface area contributed by atoms with Gasteiger partial charge >= 0.3 is 11.8 Å². The van der Waals surface area contributed by atoms with Crippen molar-refractivity contribution >= 4 is 28.3 Å². The van der Waals surface area contributed by atoms with Gasteiger partial charge in [0.25, 0.3) is 0 Å². The van der Waals surface area contributed by atoms with Crippen LogP contribution in [0.2, 0.25) is 0 Å². The summed E-state index contributed by atoms with van der Waals surface area (Å²) < 4.78 is 5.43. The normalized spacial score (nSPS) is 11.7. The van der Waals surface area contributed by atoms with Crippen molar-refractivity contribution in [3.63, 3.8) is 0 Å². The molecule has 1 unspecified atom stereocenters. The number of hydrogen-bond donors (Lipinski definition) is 3. The lowest BCUT2D eigenvalue weighted by molar-refractivity contribution is -0.136. The van der Waals surface area contributed by atoms with Crippen molar-refractivity contribution in [1.29, 1.82) is 0 Å². The first-order valence-corrected chi connectivity index (χ1v) is 9.57. The van der Waals surface area contributed by atoms with Gasteiger partial charge in [0.2, 0.25) is 0 Å². The van der Waals surface area contributed by atoms with E-state index in [1.165, 1.54) is 0 Å². The van der Waals surface area contributed by atoms with Crippen LogP contribution in [0.5, 0.6) is 5.75 Å². The minimum atomic E-state index is -0.781. The number of anilines is 1. The Bertz CT molecular complexity index is 998. The Hall–Kier alpha value is -3.38. The number of aliphatic hydroxyl groups is 1. The van der Waals surface area contributed by atoms with Crippen molar-refractivity contribution in [2.45, 2.75) is 19.4 Å². The van der Waals surface area contributed by atoms with Crippen molar-refractivity contribution in [2.75, 3.05) is 18.5 Å². The van der Waals surface area contributed by atoms with Gasteiger partial charge < -0.3 is 20.5 Å². The SMILES string of the molecule is CCOc1ccccc1NC(=O)C(=O)NCCC(O)c1cccc2ccccc12. The summed E-state index contributed by atoms with van der Waals surface area (Å²) in [7, 11) is 0. The van der Waals surface area contributed by atoms with Crippen LogP contribution in [-0.4, -0.2) is 30.1 Å². The fourth-order valence-corrected chi connectivity index (χ4v) is 3.13. The molecule has 6 nitrogen and oxygen atoms in total. The molecular weight excluding hydrogens is 368 g/mol.